The van der Waals surface area contributed by atoms with E-state index in [0.29, 0.717) is 37.5 Å². The maximum Gasteiger partial charge on any atom is 0.317 e. The van der Waals surface area contributed by atoms with Gasteiger partial charge in [0.05, 0.1) is 6.54 Å². The lowest BCUT2D eigenvalue weighted by molar-refractivity contribution is -0.137. The Morgan fingerprint density at radius 3 is 2.55 bits per heavy atom. The molecule has 29 heavy (non-hydrogen) atoms. The first kappa shape index (κ1) is 20.5. The molecule has 0 saturated heterocycles. The SMILES string of the molecule is CN(CC1COc2ccccc2O1)C(=O)NC(CCC(=O)O)Cc1ccccc1. The molecule has 2 N–H and O–H groups in total. The van der Waals surface area contributed by atoms with Gasteiger partial charge in [-0.25, -0.2) is 4.79 Å². The van der Waals surface area contributed by atoms with E-state index in [0.717, 1.165) is 5.56 Å². The second kappa shape index (κ2) is 9.82. The van der Waals surface area contributed by atoms with Crippen molar-refractivity contribution in [2.75, 3.05) is 20.2 Å². The monoisotopic (exact) mass is 398 g/mol. The van der Waals surface area contributed by atoms with Crippen molar-refractivity contribution in [1.29, 1.82) is 0 Å². The highest BCUT2D eigenvalue weighted by molar-refractivity contribution is 5.74. The molecule has 0 fully saturated rings. The van der Waals surface area contributed by atoms with E-state index in [9.17, 15) is 9.59 Å². The maximum atomic E-state index is 12.7. The van der Waals surface area contributed by atoms with Gasteiger partial charge in [0, 0.05) is 19.5 Å². The molecule has 1 heterocycles. The van der Waals surface area contributed by atoms with E-state index in [-0.39, 0.29) is 24.6 Å². The Labute approximate surface area is 170 Å². The van der Waals surface area contributed by atoms with E-state index in [1.165, 1.54) is 0 Å². The van der Waals surface area contributed by atoms with Gasteiger partial charge in [-0.15, -0.1) is 0 Å². The van der Waals surface area contributed by atoms with E-state index in [1.54, 1.807) is 11.9 Å². The number of carbonyl (C=O) groups excluding carboxylic acids is 1. The zero-order valence-corrected chi connectivity index (χ0v) is 16.4. The largest absolute Gasteiger partial charge is 0.486 e. The van der Waals surface area contributed by atoms with Gasteiger partial charge >= 0.3 is 12.0 Å². The number of amides is 2. The third kappa shape index (κ3) is 6.14. The van der Waals surface area contributed by atoms with E-state index < -0.39 is 5.97 Å². The van der Waals surface area contributed by atoms with Crippen LogP contribution in [0.5, 0.6) is 11.5 Å². The van der Waals surface area contributed by atoms with Crippen molar-refractivity contribution in [2.24, 2.45) is 0 Å². The van der Waals surface area contributed by atoms with Gasteiger partial charge in [-0.05, 0) is 30.5 Å². The summed E-state index contributed by atoms with van der Waals surface area (Å²) in [7, 11) is 1.69. The number of aliphatic carboxylic acids is 1. The van der Waals surface area contributed by atoms with Crippen LogP contribution in [0.2, 0.25) is 0 Å². The first-order chi connectivity index (χ1) is 14.0. The Morgan fingerprint density at radius 1 is 1.14 bits per heavy atom. The third-order valence-electron chi connectivity index (χ3n) is 4.75. The number of urea groups is 1. The number of carbonyl (C=O) groups is 2. The van der Waals surface area contributed by atoms with Gasteiger partial charge in [0.25, 0.3) is 0 Å². The van der Waals surface area contributed by atoms with Crippen LogP contribution in [-0.2, 0) is 11.2 Å². The van der Waals surface area contributed by atoms with E-state index in [4.69, 9.17) is 14.6 Å². The summed E-state index contributed by atoms with van der Waals surface area (Å²) in [5.41, 5.74) is 1.05. The zero-order valence-electron chi connectivity index (χ0n) is 16.4. The van der Waals surface area contributed by atoms with E-state index in [1.807, 2.05) is 54.6 Å². The first-order valence-corrected chi connectivity index (χ1v) is 9.67. The lowest BCUT2D eigenvalue weighted by atomic mass is 10.0. The minimum Gasteiger partial charge on any atom is -0.486 e. The number of nitrogens with one attached hydrogen (secondary N) is 1. The molecule has 2 atom stereocenters. The molecule has 7 heteroatoms. The Bertz CT molecular complexity index is 827. The number of hydrogen-bond donors (Lipinski definition) is 2. The van der Waals surface area contributed by atoms with Crippen LogP contribution >= 0.6 is 0 Å². The summed E-state index contributed by atoms with van der Waals surface area (Å²) in [6, 6.07) is 16.6. The standard InChI is InChI=1S/C22H26N2O5/c1-24(14-18-15-28-19-9-5-6-10-20(19)29-18)22(27)23-17(11-12-21(25)26)13-16-7-3-2-4-8-16/h2-10,17-18H,11-15H2,1H3,(H,23,27)(H,25,26). The number of para-hydroxylation sites is 2. The number of carboxylic acids is 1. The van der Waals surface area contributed by atoms with Gasteiger partial charge in [0.2, 0.25) is 0 Å². The molecule has 0 spiro atoms. The van der Waals surface area contributed by atoms with Crippen molar-refractivity contribution in [2.45, 2.75) is 31.4 Å². The van der Waals surface area contributed by atoms with E-state index >= 15 is 0 Å². The molecule has 0 aliphatic carbocycles. The highest BCUT2D eigenvalue weighted by atomic mass is 16.6. The number of nitrogens with zero attached hydrogens (tertiary/aromatic N) is 1. The fourth-order valence-electron chi connectivity index (χ4n) is 3.25. The van der Waals surface area contributed by atoms with Crippen molar-refractivity contribution in [3.63, 3.8) is 0 Å². The van der Waals surface area contributed by atoms with Crippen LogP contribution in [0.25, 0.3) is 0 Å². The summed E-state index contributed by atoms with van der Waals surface area (Å²) in [5.74, 6) is 0.491. The molecule has 2 aromatic carbocycles. The summed E-state index contributed by atoms with van der Waals surface area (Å²) >= 11 is 0. The van der Waals surface area contributed by atoms with Gasteiger partial charge < -0.3 is 24.8 Å². The van der Waals surface area contributed by atoms with Crippen LogP contribution < -0.4 is 14.8 Å². The second-order valence-corrected chi connectivity index (χ2v) is 7.15. The quantitative estimate of drug-likeness (QED) is 0.714. The minimum absolute atomic E-state index is 0.00213. The normalized spacial score (nSPS) is 16.0. The number of likely N-dealkylation sites (N-methyl/N-ethyl adjacent to an activating group) is 1. The molecule has 7 nitrogen and oxygen atoms in total. The molecule has 0 saturated carbocycles. The summed E-state index contributed by atoms with van der Waals surface area (Å²) in [4.78, 5) is 25.2. The summed E-state index contributed by atoms with van der Waals surface area (Å²) in [6.07, 6.45) is 0.662. The van der Waals surface area contributed by atoms with Gasteiger partial charge in [0.15, 0.2) is 17.6 Å². The second-order valence-electron chi connectivity index (χ2n) is 7.15. The first-order valence-electron chi connectivity index (χ1n) is 9.67. The van der Waals surface area contributed by atoms with Crippen molar-refractivity contribution in [1.82, 2.24) is 10.2 Å². The van der Waals surface area contributed by atoms with E-state index in [2.05, 4.69) is 5.32 Å². The molecule has 3 rings (SSSR count). The number of rotatable bonds is 8. The Kier molecular flexibility index (Phi) is 6.94. The predicted octanol–water partition coefficient (Wildman–Crippen LogP) is 2.94. The molecule has 1 aliphatic heterocycles. The Balaban J connectivity index is 1.55. The fourth-order valence-corrected chi connectivity index (χ4v) is 3.25. The summed E-state index contributed by atoms with van der Waals surface area (Å²) in [5, 5.41) is 12.0. The molecular weight excluding hydrogens is 372 g/mol. The lowest BCUT2D eigenvalue weighted by Gasteiger charge is -2.30. The lowest BCUT2D eigenvalue weighted by Crippen LogP contribution is -2.48. The number of ether oxygens (including phenoxy) is 2. The fraction of sp³-hybridized carbons (Fsp3) is 0.364. The van der Waals surface area contributed by atoms with Crippen LogP contribution in [0.15, 0.2) is 54.6 Å². The maximum absolute atomic E-state index is 12.7. The molecule has 2 aromatic rings. The Hall–Kier alpha value is -3.22. The Morgan fingerprint density at radius 2 is 1.83 bits per heavy atom. The molecule has 0 bridgehead atoms. The van der Waals surface area contributed by atoms with Crippen molar-refractivity contribution >= 4 is 12.0 Å². The molecule has 2 amide bonds. The van der Waals surface area contributed by atoms with Crippen LogP contribution in [0.1, 0.15) is 18.4 Å². The van der Waals surface area contributed by atoms with Crippen LogP contribution in [0, 0.1) is 0 Å². The molecule has 0 radical (unpaired) electrons. The predicted molar refractivity (Wildman–Crippen MR) is 108 cm³/mol. The smallest absolute Gasteiger partial charge is 0.317 e. The van der Waals surface area contributed by atoms with Crippen molar-refractivity contribution in [3.8, 4) is 11.5 Å². The average Bonchev–Trinajstić information content (AvgIpc) is 2.72. The summed E-state index contributed by atoms with van der Waals surface area (Å²) < 4.78 is 11.6. The van der Waals surface area contributed by atoms with Gasteiger partial charge in [-0.1, -0.05) is 42.5 Å². The third-order valence-corrected chi connectivity index (χ3v) is 4.75. The highest BCUT2D eigenvalue weighted by Gasteiger charge is 2.25. The topological polar surface area (TPSA) is 88.1 Å². The number of benzene rings is 2. The van der Waals surface area contributed by atoms with Gasteiger partial charge in [-0.2, -0.15) is 0 Å². The number of hydrogen-bond acceptors (Lipinski definition) is 4. The molecule has 2 unspecified atom stereocenters. The van der Waals surface area contributed by atoms with Gasteiger partial charge in [0.1, 0.15) is 6.61 Å². The molecule has 1 aliphatic rings. The number of carboxylic acid groups (broad SMARTS) is 1. The summed E-state index contributed by atoms with van der Waals surface area (Å²) in [6.45, 7) is 0.720. The highest BCUT2D eigenvalue weighted by Crippen LogP contribution is 2.30. The molecular formula is C22H26N2O5. The van der Waals surface area contributed by atoms with Crippen molar-refractivity contribution in [3.05, 3.63) is 60.2 Å². The average molecular weight is 398 g/mol. The van der Waals surface area contributed by atoms with Crippen LogP contribution in [0.4, 0.5) is 4.79 Å². The minimum atomic E-state index is -0.878. The van der Waals surface area contributed by atoms with Crippen LogP contribution in [-0.4, -0.2) is 54.4 Å². The van der Waals surface area contributed by atoms with Gasteiger partial charge in [-0.3, -0.25) is 4.79 Å². The zero-order chi connectivity index (χ0) is 20.6. The molecule has 154 valence electrons. The van der Waals surface area contributed by atoms with Crippen molar-refractivity contribution < 1.29 is 24.2 Å². The molecule has 0 aromatic heterocycles. The number of fused-ring (bicyclic) bond motifs is 1. The van der Waals surface area contributed by atoms with Crippen LogP contribution in [0.3, 0.4) is 0 Å².